The first-order valence-electron chi connectivity index (χ1n) is 3.87. The fourth-order valence-electron chi connectivity index (χ4n) is 1.32. The van der Waals surface area contributed by atoms with Gasteiger partial charge in [0.25, 0.3) is 0 Å². The molecule has 64 valence electrons. The van der Waals surface area contributed by atoms with Crippen LogP contribution in [0.1, 0.15) is 6.92 Å². The number of aromatic amines is 1. The third-order valence-corrected chi connectivity index (χ3v) is 1.93. The number of aryl methyl sites for hydroxylation is 1. The molecule has 0 aliphatic carbocycles. The first kappa shape index (κ1) is 8.74. The molecule has 0 bridgehead atoms. The van der Waals surface area contributed by atoms with Crippen molar-refractivity contribution in [2.24, 2.45) is 0 Å². The molecule has 0 radical (unpaired) electrons. The molecule has 1 heterocycles. The highest BCUT2D eigenvalue weighted by atomic mass is 16.0. The number of imidazole rings is 1. The van der Waals surface area contributed by atoms with E-state index in [1.807, 2.05) is 12.4 Å². The van der Waals surface area contributed by atoms with Gasteiger partial charge in [-0.05, 0) is 19.1 Å². The molecule has 0 aliphatic heterocycles. The second-order valence-corrected chi connectivity index (χ2v) is 2.58. The maximum Gasteiger partial charge on any atom is 0.242 e. The van der Waals surface area contributed by atoms with Crippen molar-refractivity contribution in [2.45, 2.75) is 13.5 Å². The van der Waals surface area contributed by atoms with E-state index in [0.717, 1.165) is 6.54 Å². The van der Waals surface area contributed by atoms with Gasteiger partial charge >= 0.3 is 0 Å². The van der Waals surface area contributed by atoms with Crippen molar-refractivity contribution in [2.75, 3.05) is 0 Å². The molecule has 0 spiro atoms. The van der Waals surface area contributed by atoms with Crippen molar-refractivity contribution in [3.63, 3.8) is 0 Å². The summed E-state index contributed by atoms with van der Waals surface area (Å²) >= 11 is 0. The van der Waals surface area contributed by atoms with Gasteiger partial charge in [-0.1, -0.05) is 12.1 Å². The first-order chi connectivity index (χ1) is 5.42. The van der Waals surface area contributed by atoms with Gasteiger partial charge in [0.05, 0.1) is 6.54 Å². The van der Waals surface area contributed by atoms with E-state index in [1.54, 1.807) is 0 Å². The van der Waals surface area contributed by atoms with E-state index < -0.39 is 0 Å². The van der Waals surface area contributed by atoms with Crippen LogP contribution in [-0.4, -0.2) is 10.5 Å². The average Bonchev–Trinajstić information content (AvgIpc) is 2.47. The molecule has 0 saturated heterocycles. The predicted molar refractivity (Wildman–Crippen MR) is 46.1 cm³/mol. The van der Waals surface area contributed by atoms with Gasteiger partial charge in [0.1, 0.15) is 0 Å². The lowest BCUT2D eigenvalue weighted by Crippen LogP contribution is -2.29. The van der Waals surface area contributed by atoms with E-state index in [1.165, 1.54) is 11.0 Å². The summed E-state index contributed by atoms with van der Waals surface area (Å²) in [4.78, 5) is 3.20. The molecular weight excluding hydrogens is 152 g/mol. The monoisotopic (exact) mass is 164 g/mol. The highest BCUT2D eigenvalue weighted by Gasteiger charge is 2.04. The van der Waals surface area contributed by atoms with Gasteiger partial charge < -0.3 is 5.48 Å². The molecule has 0 saturated carbocycles. The number of para-hydroxylation sites is 2. The molecule has 12 heavy (non-hydrogen) atoms. The zero-order valence-electron chi connectivity index (χ0n) is 6.99. The number of hydrogen-bond acceptors (Lipinski definition) is 1. The number of nitrogens with zero attached hydrogens (tertiary/aromatic N) is 1. The van der Waals surface area contributed by atoms with Crippen LogP contribution >= 0.6 is 0 Å². The highest BCUT2D eigenvalue weighted by Crippen LogP contribution is 2.04. The van der Waals surface area contributed by atoms with Crippen LogP contribution < -0.4 is 4.57 Å². The van der Waals surface area contributed by atoms with Crippen LogP contribution in [0.25, 0.3) is 11.0 Å². The van der Waals surface area contributed by atoms with Crippen LogP contribution in [0, 0.1) is 0 Å². The van der Waals surface area contributed by atoms with Crippen molar-refractivity contribution >= 4 is 11.0 Å². The third kappa shape index (κ3) is 1.19. The zero-order valence-corrected chi connectivity index (χ0v) is 6.99. The molecule has 2 N–H and O–H groups in total. The lowest BCUT2D eigenvalue weighted by atomic mass is 10.3. The average molecular weight is 164 g/mol. The zero-order chi connectivity index (χ0) is 7.68. The van der Waals surface area contributed by atoms with Gasteiger partial charge in [-0.15, -0.1) is 0 Å². The Hall–Kier alpha value is -1.35. The summed E-state index contributed by atoms with van der Waals surface area (Å²) in [5.41, 5.74) is 2.48. The molecule has 1 aromatic heterocycles. The maximum absolute atomic E-state index is 3.20. The molecule has 0 unspecified atom stereocenters. The largest absolute Gasteiger partial charge is 0.870 e. The standard InChI is InChI=1S/C9H10N2.H2O/c1-2-11-7-10-8-5-3-4-6-9(8)11;/h3-7H,2H2,1H3;1H2. The quantitative estimate of drug-likeness (QED) is 0.634. The van der Waals surface area contributed by atoms with Crippen molar-refractivity contribution in [3.05, 3.63) is 30.6 Å². The summed E-state index contributed by atoms with van der Waals surface area (Å²) < 4.78 is 2.19. The first-order valence-corrected chi connectivity index (χ1v) is 3.87. The van der Waals surface area contributed by atoms with E-state index >= 15 is 0 Å². The van der Waals surface area contributed by atoms with Gasteiger partial charge in [0.2, 0.25) is 6.33 Å². The molecule has 0 fully saturated rings. The predicted octanol–water partition coefficient (Wildman–Crippen LogP) is 1.30. The number of aromatic nitrogens is 2. The molecule has 0 amide bonds. The minimum Gasteiger partial charge on any atom is -0.870 e. The lowest BCUT2D eigenvalue weighted by molar-refractivity contribution is -0.667. The Morgan fingerprint density at radius 2 is 2.08 bits per heavy atom. The van der Waals surface area contributed by atoms with E-state index in [2.05, 4.69) is 34.7 Å². The van der Waals surface area contributed by atoms with Crippen LogP contribution in [0.4, 0.5) is 0 Å². The number of benzene rings is 1. The number of H-pyrrole nitrogens is 1. The fraction of sp³-hybridized carbons (Fsp3) is 0.222. The van der Waals surface area contributed by atoms with E-state index in [0.29, 0.717) is 0 Å². The van der Waals surface area contributed by atoms with E-state index in [9.17, 15) is 0 Å². The second kappa shape index (κ2) is 3.36. The van der Waals surface area contributed by atoms with Gasteiger partial charge in [-0.3, -0.25) is 0 Å². The maximum atomic E-state index is 3.20. The second-order valence-electron chi connectivity index (χ2n) is 2.58. The Morgan fingerprint density at radius 3 is 2.83 bits per heavy atom. The number of fused-ring (bicyclic) bond motifs is 1. The summed E-state index contributed by atoms with van der Waals surface area (Å²) in [7, 11) is 0. The van der Waals surface area contributed by atoms with Gasteiger partial charge in [-0.2, -0.15) is 0 Å². The van der Waals surface area contributed by atoms with Crippen LogP contribution in [-0.2, 0) is 6.54 Å². The number of nitrogens with one attached hydrogen (secondary N) is 1. The Bertz CT molecular complexity index is 367. The molecule has 2 rings (SSSR count). The van der Waals surface area contributed by atoms with E-state index in [-0.39, 0.29) is 5.48 Å². The minimum absolute atomic E-state index is 0. The van der Waals surface area contributed by atoms with Crippen molar-refractivity contribution in [3.8, 4) is 0 Å². The molecule has 0 aliphatic rings. The number of rotatable bonds is 1. The Labute approximate surface area is 71.0 Å². The normalized spacial score (nSPS) is 9.75. The summed E-state index contributed by atoms with van der Waals surface area (Å²) in [6.07, 6.45) is 2.00. The van der Waals surface area contributed by atoms with E-state index in [4.69, 9.17) is 0 Å². The molecule has 1 aromatic carbocycles. The third-order valence-electron chi connectivity index (χ3n) is 1.93. The van der Waals surface area contributed by atoms with Crippen LogP contribution in [0.2, 0.25) is 0 Å². The fourth-order valence-corrected chi connectivity index (χ4v) is 1.32. The molecule has 0 atom stereocenters. The molecular formula is C9H12N2O. The lowest BCUT2D eigenvalue weighted by Gasteiger charge is -1.88. The molecule has 3 heteroatoms. The van der Waals surface area contributed by atoms with Crippen LogP contribution in [0.3, 0.4) is 0 Å². The smallest absolute Gasteiger partial charge is 0.242 e. The Balaban J connectivity index is 0.000000720. The molecule has 2 aromatic rings. The number of hydrogen-bond donors (Lipinski definition) is 1. The summed E-state index contributed by atoms with van der Waals surface area (Å²) in [5, 5.41) is 0. The minimum atomic E-state index is 0. The van der Waals surface area contributed by atoms with Gasteiger partial charge in [-0.25, -0.2) is 9.55 Å². The molecule has 3 nitrogen and oxygen atoms in total. The topological polar surface area (TPSA) is 49.7 Å². The van der Waals surface area contributed by atoms with Crippen LogP contribution in [0.5, 0.6) is 0 Å². The highest BCUT2D eigenvalue weighted by molar-refractivity contribution is 5.70. The van der Waals surface area contributed by atoms with Crippen molar-refractivity contribution < 1.29 is 10.0 Å². The Morgan fingerprint density at radius 1 is 1.33 bits per heavy atom. The summed E-state index contributed by atoms with van der Waals surface area (Å²) in [5.74, 6) is 0. The van der Waals surface area contributed by atoms with Crippen molar-refractivity contribution in [1.82, 2.24) is 4.98 Å². The summed E-state index contributed by atoms with van der Waals surface area (Å²) in [6, 6.07) is 8.30. The van der Waals surface area contributed by atoms with Crippen molar-refractivity contribution in [1.29, 1.82) is 0 Å². The Kier molecular flexibility index (Phi) is 2.45. The SMILES string of the molecule is CC[n+]1c[nH]c2ccccc21.[OH-]. The van der Waals surface area contributed by atoms with Gasteiger partial charge in [0, 0.05) is 0 Å². The van der Waals surface area contributed by atoms with Gasteiger partial charge in [0.15, 0.2) is 11.0 Å². The summed E-state index contributed by atoms with van der Waals surface area (Å²) in [6.45, 7) is 3.16. The van der Waals surface area contributed by atoms with Crippen LogP contribution in [0.15, 0.2) is 30.6 Å².